The van der Waals surface area contributed by atoms with Gasteiger partial charge in [0.25, 0.3) is 11.8 Å². The van der Waals surface area contributed by atoms with Crippen LogP contribution in [0.25, 0.3) is 0 Å². The molecule has 0 atom stereocenters. The number of anilines is 1. The van der Waals surface area contributed by atoms with Crippen LogP contribution in [0.1, 0.15) is 60.2 Å². The summed E-state index contributed by atoms with van der Waals surface area (Å²) in [5.74, 6) is 0.971. The van der Waals surface area contributed by atoms with E-state index in [4.69, 9.17) is 0 Å². The van der Waals surface area contributed by atoms with E-state index in [2.05, 4.69) is 25.6 Å². The number of aryl methyl sites for hydroxylation is 2. The van der Waals surface area contributed by atoms with Crippen molar-refractivity contribution in [2.45, 2.75) is 32.6 Å². The van der Waals surface area contributed by atoms with Crippen LogP contribution >= 0.6 is 22.7 Å². The van der Waals surface area contributed by atoms with Crippen molar-refractivity contribution in [1.29, 1.82) is 0 Å². The average Bonchev–Trinajstić information content (AvgIpc) is 3.60. The number of carbonyl (C=O) groups excluding carboxylic acids is 2. The van der Waals surface area contributed by atoms with Crippen molar-refractivity contribution < 1.29 is 9.59 Å². The quantitative estimate of drug-likeness (QED) is 0.562. The minimum atomic E-state index is -0.218. The lowest BCUT2D eigenvalue weighted by Gasteiger charge is -2.30. The molecule has 0 aliphatic carbocycles. The molecule has 0 bridgehead atoms. The number of piperidine rings is 1. The third-order valence-electron chi connectivity index (χ3n) is 6.05. The third-order valence-corrected chi connectivity index (χ3v) is 8.12. The lowest BCUT2D eigenvalue weighted by atomic mass is 9.97. The monoisotopic (exact) mass is 494 g/mol. The van der Waals surface area contributed by atoms with Gasteiger partial charge in [-0.25, -0.2) is 9.97 Å². The summed E-state index contributed by atoms with van der Waals surface area (Å²) >= 11 is 2.98. The van der Waals surface area contributed by atoms with Crippen molar-refractivity contribution in [3.8, 4) is 0 Å². The fraction of sp³-hybridized carbons (Fsp3) is 0.375. The Morgan fingerprint density at radius 2 is 2.00 bits per heavy atom. The largest absolute Gasteiger partial charge is 0.368 e. The SMILES string of the molecule is Cc1nc(C)c(C(=O)N2CCC(c3nc(C(=O)Nc4cccc(C5=NCCN5)c4)cs3)CC2)s1. The summed E-state index contributed by atoms with van der Waals surface area (Å²) in [6, 6.07) is 7.66. The highest BCUT2D eigenvalue weighted by Crippen LogP contribution is 2.32. The van der Waals surface area contributed by atoms with Gasteiger partial charge in [0, 0.05) is 42.2 Å². The van der Waals surface area contributed by atoms with Crippen LogP contribution in [0.4, 0.5) is 5.69 Å². The maximum atomic E-state index is 12.9. The zero-order chi connectivity index (χ0) is 23.7. The van der Waals surface area contributed by atoms with Crippen LogP contribution < -0.4 is 10.6 Å². The van der Waals surface area contributed by atoms with E-state index in [1.807, 2.05) is 48.4 Å². The summed E-state index contributed by atoms with van der Waals surface area (Å²) in [5, 5.41) is 9.89. The normalized spacial score (nSPS) is 16.3. The predicted molar refractivity (Wildman–Crippen MR) is 135 cm³/mol. The van der Waals surface area contributed by atoms with Crippen LogP contribution in [-0.4, -0.2) is 58.7 Å². The second-order valence-corrected chi connectivity index (χ2v) is 10.6. The van der Waals surface area contributed by atoms with E-state index in [0.717, 1.165) is 57.9 Å². The Morgan fingerprint density at radius 1 is 1.18 bits per heavy atom. The topological polar surface area (TPSA) is 99.6 Å². The lowest BCUT2D eigenvalue weighted by Crippen LogP contribution is -2.37. The number of aromatic nitrogens is 2. The molecule has 3 aromatic rings. The fourth-order valence-corrected chi connectivity index (χ4v) is 6.17. The number of rotatable bonds is 5. The highest BCUT2D eigenvalue weighted by atomic mass is 32.1. The zero-order valence-corrected chi connectivity index (χ0v) is 20.8. The summed E-state index contributed by atoms with van der Waals surface area (Å²) in [5.41, 5.74) is 2.91. The molecule has 0 radical (unpaired) electrons. The van der Waals surface area contributed by atoms with Gasteiger partial charge in [-0.2, -0.15) is 0 Å². The van der Waals surface area contributed by atoms with Crippen molar-refractivity contribution in [2.75, 3.05) is 31.5 Å². The number of thiazole rings is 2. The first kappa shape index (κ1) is 22.7. The highest BCUT2D eigenvalue weighted by molar-refractivity contribution is 7.13. The number of hydrogen-bond acceptors (Lipinski definition) is 8. The summed E-state index contributed by atoms with van der Waals surface area (Å²) in [4.78, 5) is 41.8. The molecule has 1 saturated heterocycles. The molecule has 10 heteroatoms. The van der Waals surface area contributed by atoms with Crippen molar-refractivity contribution in [2.24, 2.45) is 4.99 Å². The first-order chi connectivity index (χ1) is 16.5. The molecule has 2 aliphatic heterocycles. The summed E-state index contributed by atoms with van der Waals surface area (Å²) in [7, 11) is 0. The molecule has 0 unspecified atom stereocenters. The molecule has 34 heavy (non-hydrogen) atoms. The Bertz CT molecular complexity index is 1260. The molecular formula is C24H26N6O2S2. The number of nitrogens with zero attached hydrogens (tertiary/aromatic N) is 4. The van der Waals surface area contributed by atoms with Crippen molar-refractivity contribution >= 4 is 46.0 Å². The number of amidine groups is 1. The van der Waals surface area contributed by atoms with E-state index in [9.17, 15) is 9.59 Å². The fourth-order valence-electron chi connectivity index (χ4n) is 4.31. The smallest absolute Gasteiger partial charge is 0.275 e. The molecule has 2 aromatic heterocycles. The minimum absolute atomic E-state index is 0.0711. The van der Waals surface area contributed by atoms with Crippen molar-refractivity contribution in [3.05, 3.63) is 61.5 Å². The maximum Gasteiger partial charge on any atom is 0.275 e. The lowest BCUT2D eigenvalue weighted by molar-refractivity contribution is 0.0717. The summed E-state index contributed by atoms with van der Waals surface area (Å²) in [6.07, 6.45) is 1.68. The number of amides is 2. The third kappa shape index (κ3) is 4.74. The van der Waals surface area contributed by atoms with E-state index < -0.39 is 0 Å². The van der Waals surface area contributed by atoms with E-state index in [1.54, 1.807) is 0 Å². The van der Waals surface area contributed by atoms with Gasteiger partial charge in [0.1, 0.15) is 16.4 Å². The van der Waals surface area contributed by atoms with Gasteiger partial charge in [0.15, 0.2) is 0 Å². The van der Waals surface area contributed by atoms with Crippen LogP contribution in [0, 0.1) is 13.8 Å². The van der Waals surface area contributed by atoms with Crippen molar-refractivity contribution in [3.63, 3.8) is 0 Å². The van der Waals surface area contributed by atoms with E-state index >= 15 is 0 Å². The molecule has 0 spiro atoms. The highest BCUT2D eigenvalue weighted by Gasteiger charge is 2.28. The second-order valence-electron chi connectivity index (χ2n) is 8.48. The Balaban J connectivity index is 1.19. The molecule has 1 fully saturated rings. The first-order valence-corrected chi connectivity index (χ1v) is 13.1. The predicted octanol–water partition coefficient (Wildman–Crippen LogP) is 3.84. The zero-order valence-electron chi connectivity index (χ0n) is 19.1. The van der Waals surface area contributed by atoms with Gasteiger partial charge in [-0.15, -0.1) is 22.7 Å². The Labute approximate surface area is 206 Å². The standard InChI is InChI=1S/C24H26N6O2S2/c1-14-20(34-15(2)27-14)24(32)30-10-6-16(7-11-30)23-29-19(13-33-23)22(31)28-18-5-3-4-17(12-18)21-25-8-9-26-21/h3-5,12-13,16H,6-11H2,1-2H3,(H,25,26)(H,28,31). The number of hydrogen-bond donors (Lipinski definition) is 2. The van der Waals surface area contributed by atoms with Gasteiger partial charge in [-0.05, 0) is 38.8 Å². The van der Waals surface area contributed by atoms with Gasteiger partial charge in [-0.1, -0.05) is 12.1 Å². The Kier molecular flexibility index (Phi) is 6.42. The van der Waals surface area contributed by atoms with Gasteiger partial charge in [0.05, 0.1) is 22.3 Å². The van der Waals surface area contributed by atoms with Gasteiger partial charge < -0.3 is 15.5 Å². The van der Waals surface area contributed by atoms with Crippen molar-refractivity contribution in [1.82, 2.24) is 20.2 Å². The van der Waals surface area contributed by atoms with Crippen LogP contribution in [0.2, 0.25) is 0 Å². The van der Waals surface area contributed by atoms with Gasteiger partial charge >= 0.3 is 0 Å². The number of benzene rings is 1. The molecule has 4 heterocycles. The van der Waals surface area contributed by atoms with Crippen LogP contribution in [0.5, 0.6) is 0 Å². The first-order valence-electron chi connectivity index (χ1n) is 11.4. The molecule has 1 aromatic carbocycles. The maximum absolute atomic E-state index is 12.9. The average molecular weight is 495 g/mol. The van der Waals surface area contributed by atoms with E-state index in [0.29, 0.717) is 24.5 Å². The molecule has 2 N–H and O–H groups in total. The van der Waals surface area contributed by atoms with Crippen LogP contribution in [0.15, 0.2) is 34.6 Å². The second kappa shape index (κ2) is 9.63. The number of carbonyl (C=O) groups is 2. The molecule has 5 rings (SSSR count). The van der Waals surface area contributed by atoms with E-state index in [-0.39, 0.29) is 17.7 Å². The Hall–Kier alpha value is -3.11. The van der Waals surface area contributed by atoms with Gasteiger partial charge in [0.2, 0.25) is 0 Å². The number of likely N-dealkylation sites (tertiary alicyclic amines) is 1. The molecule has 176 valence electrons. The van der Waals surface area contributed by atoms with E-state index in [1.165, 1.54) is 22.7 Å². The minimum Gasteiger partial charge on any atom is -0.368 e. The molecule has 2 amide bonds. The van der Waals surface area contributed by atoms with Gasteiger partial charge in [-0.3, -0.25) is 14.6 Å². The number of nitrogens with one attached hydrogen (secondary N) is 2. The van der Waals surface area contributed by atoms with Crippen LogP contribution in [-0.2, 0) is 0 Å². The summed E-state index contributed by atoms with van der Waals surface area (Å²) in [6.45, 7) is 6.80. The van der Waals surface area contributed by atoms with Crippen LogP contribution in [0.3, 0.4) is 0 Å². The molecule has 8 nitrogen and oxygen atoms in total. The summed E-state index contributed by atoms with van der Waals surface area (Å²) < 4.78 is 0. The molecule has 2 aliphatic rings. The molecular weight excluding hydrogens is 468 g/mol. The molecule has 0 saturated carbocycles. The Morgan fingerprint density at radius 3 is 2.71 bits per heavy atom. The number of aliphatic imine (C=N–C) groups is 1.